The van der Waals surface area contributed by atoms with E-state index < -0.39 is 0 Å². The molecule has 1 nitrogen and oxygen atoms in total. The lowest BCUT2D eigenvalue weighted by Gasteiger charge is -2.19. The average Bonchev–Trinajstić information content (AvgIpc) is 2.60. The van der Waals surface area contributed by atoms with Crippen molar-refractivity contribution in [2.45, 2.75) is 77.6 Å². The second kappa shape index (κ2) is 16.9. The average molecular weight is 352 g/mol. The number of nitrogens with zero attached hydrogens (tertiary/aromatic N) is 1. The van der Waals surface area contributed by atoms with Gasteiger partial charge in [0.25, 0.3) is 0 Å². The van der Waals surface area contributed by atoms with Crippen LogP contribution >= 0.6 is 12.4 Å². The maximum Gasteiger partial charge on any atom is 0.0212 e. The smallest absolute Gasteiger partial charge is 0.0212 e. The van der Waals surface area contributed by atoms with Crippen molar-refractivity contribution < 1.29 is 0 Å². The Morgan fingerprint density at radius 2 is 1.33 bits per heavy atom. The Morgan fingerprint density at radius 1 is 0.792 bits per heavy atom. The zero-order valence-electron chi connectivity index (χ0n) is 15.7. The summed E-state index contributed by atoms with van der Waals surface area (Å²) in [5.41, 5.74) is 1.42. The predicted octanol–water partition coefficient (Wildman–Crippen LogP) is 7.02. The SMILES string of the molecule is C=CN(CCCCCCCCCCCC)CCc1ccccc1.Cl. The van der Waals surface area contributed by atoms with Crippen molar-refractivity contribution in [1.29, 1.82) is 0 Å². The Kier molecular flexibility index (Phi) is 16.2. The van der Waals surface area contributed by atoms with Gasteiger partial charge in [0.15, 0.2) is 0 Å². The molecule has 0 aromatic heterocycles. The fraction of sp³-hybridized carbons (Fsp3) is 0.636. The van der Waals surface area contributed by atoms with Crippen LogP contribution in [0.25, 0.3) is 0 Å². The molecular weight excluding hydrogens is 314 g/mol. The van der Waals surface area contributed by atoms with Gasteiger partial charge in [-0.15, -0.1) is 12.4 Å². The molecule has 2 heteroatoms. The first-order chi connectivity index (χ1) is 11.4. The number of hydrogen-bond acceptors (Lipinski definition) is 1. The highest BCUT2D eigenvalue weighted by atomic mass is 35.5. The largest absolute Gasteiger partial charge is 0.378 e. The highest BCUT2D eigenvalue weighted by Gasteiger charge is 2.00. The van der Waals surface area contributed by atoms with Crippen LogP contribution in [0.3, 0.4) is 0 Å². The van der Waals surface area contributed by atoms with E-state index in [-0.39, 0.29) is 12.4 Å². The number of rotatable bonds is 15. The molecule has 0 saturated carbocycles. The van der Waals surface area contributed by atoms with E-state index in [1.807, 2.05) is 6.20 Å². The minimum Gasteiger partial charge on any atom is -0.378 e. The zero-order valence-corrected chi connectivity index (χ0v) is 16.5. The summed E-state index contributed by atoms with van der Waals surface area (Å²) in [6.45, 7) is 8.49. The molecule has 0 fully saturated rings. The van der Waals surface area contributed by atoms with Crippen LogP contribution in [0, 0.1) is 0 Å². The van der Waals surface area contributed by atoms with Crippen molar-refractivity contribution in [3.05, 3.63) is 48.7 Å². The lowest BCUT2D eigenvalue weighted by Crippen LogP contribution is -2.21. The molecule has 0 spiro atoms. The molecule has 1 rings (SSSR count). The Morgan fingerprint density at radius 3 is 1.88 bits per heavy atom. The van der Waals surface area contributed by atoms with Crippen molar-refractivity contribution in [1.82, 2.24) is 4.90 Å². The number of hydrogen-bond donors (Lipinski definition) is 0. The molecular formula is C22H38ClN. The molecule has 0 amide bonds. The van der Waals surface area contributed by atoms with Gasteiger partial charge < -0.3 is 4.90 Å². The van der Waals surface area contributed by atoms with Crippen LogP contribution in [0.15, 0.2) is 43.1 Å². The summed E-state index contributed by atoms with van der Waals surface area (Å²) in [6.07, 6.45) is 17.1. The van der Waals surface area contributed by atoms with Crippen LogP contribution in [-0.4, -0.2) is 18.0 Å². The molecule has 0 heterocycles. The highest BCUT2D eigenvalue weighted by Crippen LogP contribution is 2.11. The van der Waals surface area contributed by atoms with Gasteiger partial charge in [0.2, 0.25) is 0 Å². The number of benzene rings is 1. The summed E-state index contributed by atoms with van der Waals surface area (Å²) in [5.74, 6) is 0. The minimum absolute atomic E-state index is 0. The lowest BCUT2D eigenvalue weighted by atomic mass is 10.1. The van der Waals surface area contributed by atoms with E-state index in [0.29, 0.717) is 0 Å². The molecule has 0 aliphatic carbocycles. The highest BCUT2D eigenvalue weighted by molar-refractivity contribution is 5.85. The van der Waals surface area contributed by atoms with Crippen LogP contribution < -0.4 is 0 Å². The predicted molar refractivity (Wildman–Crippen MR) is 111 cm³/mol. The first-order valence-electron chi connectivity index (χ1n) is 9.77. The molecule has 0 atom stereocenters. The Labute approximate surface area is 156 Å². The molecule has 0 N–H and O–H groups in total. The molecule has 0 aliphatic rings. The third-order valence-corrected chi connectivity index (χ3v) is 4.59. The Balaban J connectivity index is 0.00000529. The fourth-order valence-corrected chi connectivity index (χ4v) is 3.01. The summed E-state index contributed by atoms with van der Waals surface area (Å²) >= 11 is 0. The van der Waals surface area contributed by atoms with E-state index in [1.54, 1.807) is 0 Å². The van der Waals surface area contributed by atoms with Gasteiger partial charge in [0, 0.05) is 13.1 Å². The molecule has 0 unspecified atom stereocenters. The number of unbranched alkanes of at least 4 members (excludes halogenated alkanes) is 9. The molecule has 1 aromatic rings. The first kappa shape index (κ1) is 23.1. The first-order valence-corrected chi connectivity index (χ1v) is 9.77. The van der Waals surface area contributed by atoms with Crippen molar-refractivity contribution in [3.63, 3.8) is 0 Å². The minimum atomic E-state index is 0. The molecule has 1 aromatic carbocycles. The molecule has 24 heavy (non-hydrogen) atoms. The van der Waals surface area contributed by atoms with Gasteiger partial charge in [-0.1, -0.05) is 102 Å². The van der Waals surface area contributed by atoms with Gasteiger partial charge in [-0.05, 0) is 24.6 Å². The maximum atomic E-state index is 3.96. The number of halogens is 1. The summed E-state index contributed by atoms with van der Waals surface area (Å²) in [4.78, 5) is 2.37. The Hall–Kier alpha value is -0.950. The summed E-state index contributed by atoms with van der Waals surface area (Å²) in [7, 11) is 0. The molecule has 0 saturated heterocycles. The molecule has 0 aliphatic heterocycles. The van der Waals surface area contributed by atoms with Gasteiger partial charge in [0.05, 0.1) is 0 Å². The van der Waals surface area contributed by atoms with Crippen molar-refractivity contribution in [2.24, 2.45) is 0 Å². The van der Waals surface area contributed by atoms with Gasteiger partial charge in [-0.2, -0.15) is 0 Å². The van der Waals surface area contributed by atoms with Crippen LogP contribution in [0.4, 0.5) is 0 Å². The molecule has 0 radical (unpaired) electrons. The van der Waals surface area contributed by atoms with Gasteiger partial charge in [0.1, 0.15) is 0 Å². The summed E-state index contributed by atoms with van der Waals surface area (Å²) in [6, 6.07) is 10.7. The summed E-state index contributed by atoms with van der Waals surface area (Å²) in [5, 5.41) is 0. The molecule has 138 valence electrons. The van der Waals surface area contributed by atoms with Crippen LogP contribution in [0.2, 0.25) is 0 Å². The maximum absolute atomic E-state index is 3.96. The monoisotopic (exact) mass is 351 g/mol. The van der Waals surface area contributed by atoms with Crippen molar-refractivity contribution in [2.75, 3.05) is 13.1 Å². The van der Waals surface area contributed by atoms with E-state index in [0.717, 1.165) is 19.5 Å². The molecule has 0 bridgehead atoms. The Bertz CT molecular complexity index is 377. The second-order valence-corrected chi connectivity index (χ2v) is 6.64. The normalized spacial score (nSPS) is 10.2. The van der Waals surface area contributed by atoms with Gasteiger partial charge in [-0.3, -0.25) is 0 Å². The lowest BCUT2D eigenvalue weighted by molar-refractivity contribution is 0.366. The third kappa shape index (κ3) is 12.5. The van der Waals surface area contributed by atoms with Gasteiger partial charge >= 0.3 is 0 Å². The van der Waals surface area contributed by atoms with Crippen LogP contribution in [-0.2, 0) is 6.42 Å². The quantitative estimate of drug-likeness (QED) is 0.307. The second-order valence-electron chi connectivity index (χ2n) is 6.64. The van der Waals surface area contributed by atoms with E-state index >= 15 is 0 Å². The standard InChI is InChI=1S/C22H37N.ClH/c1-3-5-6-7-8-9-10-11-12-16-20-23(4-2)21-19-22-17-14-13-15-18-22;/h4,13-15,17-18H,2-3,5-12,16,19-21H2,1H3;1H. The van der Waals surface area contributed by atoms with E-state index in [9.17, 15) is 0 Å². The van der Waals surface area contributed by atoms with Crippen LogP contribution in [0.1, 0.15) is 76.7 Å². The van der Waals surface area contributed by atoms with Crippen molar-refractivity contribution in [3.8, 4) is 0 Å². The van der Waals surface area contributed by atoms with Crippen LogP contribution in [0.5, 0.6) is 0 Å². The van der Waals surface area contributed by atoms with E-state index in [4.69, 9.17) is 0 Å². The zero-order chi connectivity index (χ0) is 16.6. The van der Waals surface area contributed by atoms with Gasteiger partial charge in [-0.25, -0.2) is 0 Å². The fourth-order valence-electron chi connectivity index (χ4n) is 3.01. The third-order valence-electron chi connectivity index (χ3n) is 4.59. The topological polar surface area (TPSA) is 3.24 Å². The summed E-state index contributed by atoms with van der Waals surface area (Å²) < 4.78 is 0. The van der Waals surface area contributed by atoms with E-state index in [1.165, 1.54) is 69.8 Å². The van der Waals surface area contributed by atoms with Crippen molar-refractivity contribution >= 4 is 12.4 Å². The van der Waals surface area contributed by atoms with E-state index in [2.05, 4.69) is 48.7 Å².